The molecular weight excluding hydrogens is 152 g/mol. The quantitative estimate of drug-likeness (QED) is 0.673. The van der Waals surface area contributed by atoms with E-state index in [2.05, 4.69) is 10.3 Å². The van der Waals surface area contributed by atoms with E-state index in [0.29, 0.717) is 0 Å². The van der Waals surface area contributed by atoms with E-state index in [1.165, 1.54) is 0 Å². The van der Waals surface area contributed by atoms with Crippen molar-refractivity contribution in [1.82, 2.24) is 14.8 Å². The molecule has 1 unspecified atom stereocenters. The maximum atomic E-state index is 5.77. The Morgan fingerprint density at radius 2 is 2.42 bits per heavy atom. The normalized spacial score (nSPS) is 13.5. The third-order valence-corrected chi connectivity index (χ3v) is 1.86. The molecule has 0 aliphatic rings. The van der Waals surface area contributed by atoms with E-state index in [1.807, 2.05) is 25.3 Å². The minimum absolute atomic E-state index is 0.0206. The SMILES string of the molecule is CC(N)c1cccn2nncc12. The van der Waals surface area contributed by atoms with Gasteiger partial charge in [0.15, 0.2) is 0 Å². The highest BCUT2D eigenvalue weighted by Crippen LogP contribution is 2.14. The summed E-state index contributed by atoms with van der Waals surface area (Å²) in [5.74, 6) is 0. The third kappa shape index (κ3) is 0.967. The van der Waals surface area contributed by atoms with Gasteiger partial charge in [-0.3, -0.25) is 0 Å². The zero-order chi connectivity index (χ0) is 8.55. The molecule has 0 aliphatic heterocycles. The largest absolute Gasteiger partial charge is 0.324 e. The molecule has 1 atom stereocenters. The minimum atomic E-state index is 0.0206. The van der Waals surface area contributed by atoms with E-state index >= 15 is 0 Å². The molecule has 12 heavy (non-hydrogen) atoms. The Labute approximate surface area is 70.0 Å². The highest BCUT2D eigenvalue weighted by atomic mass is 15.4. The van der Waals surface area contributed by atoms with Crippen LogP contribution in [0.4, 0.5) is 0 Å². The van der Waals surface area contributed by atoms with Crippen molar-refractivity contribution in [3.05, 3.63) is 30.1 Å². The van der Waals surface area contributed by atoms with Crippen LogP contribution in [0.25, 0.3) is 5.52 Å². The van der Waals surface area contributed by atoms with Crippen LogP contribution in [-0.2, 0) is 0 Å². The smallest absolute Gasteiger partial charge is 0.0912 e. The van der Waals surface area contributed by atoms with Gasteiger partial charge in [-0.2, -0.15) is 0 Å². The topological polar surface area (TPSA) is 56.2 Å². The van der Waals surface area contributed by atoms with Crippen molar-refractivity contribution in [2.45, 2.75) is 13.0 Å². The second kappa shape index (κ2) is 2.57. The van der Waals surface area contributed by atoms with Crippen molar-refractivity contribution in [3.63, 3.8) is 0 Å². The summed E-state index contributed by atoms with van der Waals surface area (Å²) in [6.07, 6.45) is 3.58. The summed E-state index contributed by atoms with van der Waals surface area (Å²) < 4.78 is 1.72. The molecule has 0 spiro atoms. The molecule has 2 aromatic heterocycles. The van der Waals surface area contributed by atoms with Gasteiger partial charge >= 0.3 is 0 Å². The van der Waals surface area contributed by atoms with Crippen molar-refractivity contribution in [2.24, 2.45) is 5.73 Å². The number of rotatable bonds is 1. The van der Waals surface area contributed by atoms with Crippen LogP contribution in [0.15, 0.2) is 24.5 Å². The average Bonchev–Trinajstić information content (AvgIpc) is 2.49. The van der Waals surface area contributed by atoms with Gasteiger partial charge in [0.05, 0.1) is 11.7 Å². The third-order valence-electron chi connectivity index (χ3n) is 1.86. The summed E-state index contributed by atoms with van der Waals surface area (Å²) in [6, 6.07) is 3.93. The summed E-state index contributed by atoms with van der Waals surface area (Å²) in [7, 11) is 0. The van der Waals surface area contributed by atoms with Crippen molar-refractivity contribution >= 4 is 5.52 Å². The minimum Gasteiger partial charge on any atom is -0.324 e. The molecule has 0 radical (unpaired) electrons. The zero-order valence-corrected chi connectivity index (χ0v) is 6.81. The Morgan fingerprint density at radius 1 is 1.58 bits per heavy atom. The number of pyridine rings is 1. The van der Waals surface area contributed by atoms with Crippen LogP contribution in [0, 0.1) is 0 Å². The Balaban J connectivity index is 2.73. The van der Waals surface area contributed by atoms with Gasteiger partial charge in [-0.1, -0.05) is 11.3 Å². The predicted molar refractivity (Wildman–Crippen MR) is 45.6 cm³/mol. The Hall–Kier alpha value is -1.42. The lowest BCUT2D eigenvalue weighted by atomic mass is 10.1. The number of hydrogen-bond donors (Lipinski definition) is 1. The fourth-order valence-corrected chi connectivity index (χ4v) is 1.26. The maximum Gasteiger partial charge on any atom is 0.0912 e. The van der Waals surface area contributed by atoms with E-state index in [9.17, 15) is 0 Å². The summed E-state index contributed by atoms with van der Waals surface area (Å²) in [6.45, 7) is 1.95. The van der Waals surface area contributed by atoms with Crippen molar-refractivity contribution in [1.29, 1.82) is 0 Å². The van der Waals surface area contributed by atoms with Gasteiger partial charge in [0.25, 0.3) is 0 Å². The standard InChI is InChI=1S/C8H10N4/c1-6(9)7-3-2-4-12-8(7)5-10-11-12/h2-6H,9H2,1H3. The van der Waals surface area contributed by atoms with Crippen LogP contribution in [0.1, 0.15) is 18.5 Å². The lowest BCUT2D eigenvalue weighted by Crippen LogP contribution is -2.06. The second-order valence-electron chi connectivity index (χ2n) is 2.82. The van der Waals surface area contributed by atoms with Gasteiger partial charge in [0, 0.05) is 12.2 Å². The molecule has 2 rings (SSSR count). The zero-order valence-electron chi connectivity index (χ0n) is 6.81. The van der Waals surface area contributed by atoms with E-state index < -0.39 is 0 Å². The molecule has 0 saturated heterocycles. The summed E-state index contributed by atoms with van der Waals surface area (Å²) >= 11 is 0. The van der Waals surface area contributed by atoms with Crippen LogP contribution in [0.5, 0.6) is 0 Å². The molecule has 62 valence electrons. The highest BCUT2D eigenvalue weighted by Gasteiger charge is 2.05. The van der Waals surface area contributed by atoms with Crippen LogP contribution < -0.4 is 5.73 Å². The number of fused-ring (bicyclic) bond motifs is 1. The molecule has 0 saturated carbocycles. The Morgan fingerprint density at radius 3 is 3.17 bits per heavy atom. The van der Waals surface area contributed by atoms with E-state index in [0.717, 1.165) is 11.1 Å². The van der Waals surface area contributed by atoms with Gasteiger partial charge < -0.3 is 5.73 Å². The number of nitrogens with two attached hydrogens (primary N) is 1. The van der Waals surface area contributed by atoms with Crippen LogP contribution in [-0.4, -0.2) is 14.8 Å². The van der Waals surface area contributed by atoms with Crippen molar-refractivity contribution in [3.8, 4) is 0 Å². The second-order valence-corrected chi connectivity index (χ2v) is 2.82. The first-order valence-electron chi connectivity index (χ1n) is 3.83. The van der Waals surface area contributed by atoms with Gasteiger partial charge in [0.1, 0.15) is 0 Å². The first-order chi connectivity index (χ1) is 5.79. The first-order valence-corrected chi connectivity index (χ1v) is 3.83. The molecule has 0 aliphatic carbocycles. The number of aromatic nitrogens is 3. The van der Waals surface area contributed by atoms with Crippen LogP contribution >= 0.6 is 0 Å². The maximum absolute atomic E-state index is 5.77. The summed E-state index contributed by atoms with van der Waals surface area (Å²) in [4.78, 5) is 0. The predicted octanol–water partition coefficient (Wildman–Crippen LogP) is 0.749. The molecule has 2 heterocycles. The number of hydrogen-bond acceptors (Lipinski definition) is 3. The lowest BCUT2D eigenvalue weighted by molar-refractivity contribution is 0.803. The van der Waals surface area contributed by atoms with E-state index in [1.54, 1.807) is 10.7 Å². The van der Waals surface area contributed by atoms with Crippen molar-refractivity contribution in [2.75, 3.05) is 0 Å². The summed E-state index contributed by atoms with van der Waals surface area (Å²) in [5, 5.41) is 7.67. The average molecular weight is 162 g/mol. The molecule has 2 N–H and O–H groups in total. The van der Waals surface area contributed by atoms with Crippen LogP contribution in [0.3, 0.4) is 0 Å². The van der Waals surface area contributed by atoms with Gasteiger partial charge in [-0.05, 0) is 18.6 Å². The lowest BCUT2D eigenvalue weighted by Gasteiger charge is -2.05. The molecular formula is C8H10N4. The summed E-state index contributed by atoms with van der Waals surface area (Å²) in [5.41, 5.74) is 7.82. The molecule has 0 fully saturated rings. The Kier molecular flexibility index (Phi) is 1.55. The van der Waals surface area contributed by atoms with E-state index in [-0.39, 0.29) is 6.04 Å². The monoisotopic (exact) mass is 162 g/mol. The van der Waals surface area contributed by atoms with Gasteiger partial charge in [-0.25, -0.2) is 4.52 Å². The molecule has 0 amide bonds. The highest BCUT2D eigenvalue weighted by molar-refractivity contribution is 5.53. The fraction of sp³-hybridized carbons (Fsp3) is 0.250. The number of nitrogens with zero attached hydrogens (tertiary/aromatic N) is 3. The Bertz CT molecular complexity index is 391. The van der Waals surface area contributed by atoms with Crippen molar-refractivity contribution < 1.29 is 0 Å². The van der Waals surface area contributed by atoms with Gasteiger partial charge in [-0.15, -0.1) is 5.10 Å². The molecule has 0 aromatic carbocycles. The molecule has 2 aromatic rings. The van der Waals surface area contributed by atoms with Crippen LogP contribution in [0.2, 0.25) is 0 Å². The first kappa shape index (κ1) is 7.24. The van der Waals surface area contributed by atoms with Gasteiger partial charge in [0.2, 0.25) is 0 Å². The molecule has 4 nitrogen and oxygen atoms in total. The van der Waals surface area contributed by atoms with E-state index in [4.69, 9.17) is 5.73 Å². The molecule has 0 bridgehead atoms. The molecule has 4 heteroatoms. The fourth-order valence-electron chi connectivity index (χ4n) is 1.26.